The van der Waals surface area contributed by atoms with E-state index in [0.29, 0.717) is 5.52 Å². The van der Waals surface area contributed by atoms with Gasteiger partial charge in [-0.2, -0.15) is 0 Å². The molecule has 3 rings (SSSR count). The molecule has 0 aliphatic heterocycles. The predicted octanol–water partition coefficient (Wildman–Crippen LogP) is 2.87. The van der Waals surface area contributed by atoms with Crippen molar-refractivity contribution in [3.63, 3.8) is 0 Å². The van der Waals surface area contributed by atoms with Gasteiger partial charge in [-0.15, -0.1) is 0 Å². The molecule has 1 aromatic carbocycles. The molecule has 1 aliphatic carbocycles. The van der Waals surface area contributed by atoms with Crippen LogP contribution in [-0.2, 0) is 12.5 Å². The van der Waals surface area contributed by atoms with Crippen molar-refractivity contribution in [3.8, 4) is 0 Å². The fourth-order valence-corrected chi connectivity index (χ4v) is 3.33. The van der Waals surface area contributed by atoms with Gasteiger partial charge in [0.2, 0.25) is 0 Å². The summed E-state index contributed by atoms with van der Waals surface area (Å²) in [4.78, 5) is 4.57. The molecule has 0 amide bonds. The summed E-state index contributed by atoms with van der Waals surface area (Å²) in [6, 6.07) is 5.20. The third kappa shape index (κ3) is 1.77. The molecule has 19 heavy (non-hydrogen) atoms. The number of nitrogens with two attached hydrogens (primary N) is 1. The summed E-state index contributed by atoms with van der Waals surface area (Å²) >= 11 is 0. The maximum atomic E-state index is 13.9. The molecule has 1 aromatic heterocycles. The molecule has 0 radical (unpaired) electrons. The molecule has 2 N–H and O–H groups in total. The average molecular weight is 261 g/mol. The first kappa shape index (κ1) is 12.6. The highest BCUT2D eigenvalue weighted by Gasteiger charge is 2.39. The van der Waals surface area contributed by atoms with E-state index in [9.17, 15) is 4.39 Å². The fourth-order valence-electron chi connectivity index (χ4n) is 3.33. The van der Waals surface area contributed by atoms with E-state index < -0.39 is 0 Å². The van der Waals surface area contributed by atoms with Crippen LogP contribution in [0.2, 0.25) is 0 Å². The maximum absolute atomic E-state index is 13.9. The third-order valence-electron chi connectivity index (χ3n) is 4.65. The number of fused-ring (bicyclic) bond motifs is 1. The van der Waals surface area contributed by atoms with Gasteiger partial charge in [-0.05, 0) is 25.0 Å². The zero-order valence-electron chi connectivity index (χ0n) is 11.5. The maximum Gasteiger partial charge on any atom is 0.151 e. The van der Waals surface area contributed by atoms with Crippen LogP contribution in [0.3, 0.4) is 0 Å². The third-order valence-corrected chi connectivity index (χ3v) is 4.65. The van der Waals surface area contributed by atoms with E-state index in [2.05, 4.69) is 11.9 Å². The lowest BCUT2D eigenvalue weighted by atomic mass is 9.71. The summed E-state index contributed by atoms with van der Waals surface area (Å²) < 4.78 is 15.9. The first-order chi connectivity index (χ1) is 9.04. The molecule has 1 saturated carbocycles. The van der Waals surface area contributed by atoms with Crippen molar-refractivity contribution < 1.29 is 4.39 Å². The normalized spacial score (nSPS) is 27.9. The lowest BCUT2D eigenvalue weighted by Gasteiger charge is -2.38. The second kappa shape index (κ2) is 4.30. The molecular formula is C15H20FN3. The Hall–Kier alpha value is -1.42. The summed E-state index contributed by atoms with van der Waals surface area (Å²) in [5.41, 5.74) is 7.47. The van der Waals surface area contributed by atoms with Crippen LogP contribution in [0.4, 0.5) is 4.39 Å². The number of halogens is 1. The minimum Gasteiger partial charge on any atom is -0.331 e. The van der Waals surface area contributed by atoms with Gasteiger partial charge in [0.15, 0.2) is 5.82 Å². The van der Waals surface area contributed by atoms with Crippen LogP contribution >= 0.6 is 0 Å². The number of rotatable bonds is 1. The zero-order chi connectivity index (χ0) is 13.6. The minimum absolute atomic E-state index is 0.0971. The second-order valence-electron chi connectivity index (χ2n) is 5.87. The molecule has 2 unspecified atom stereocenters. The van der Waals surface area contributed by atoms with Crippen molar-refractivity contribution in [1.29, 1.82) is 0 Å². The molecule has 0 bridgehead atoms. The number of aryl methyl sites for hydroxylation is 1. The van der Waals surface area contributed by atoms with Crippen molar-refractivity contribution in [1.82, 2.24) is 9.55 Å². The van der Waals surface area contributed by atoms with E-state index in [1.165, 1.54) is 12.5 Å². The largest absolute Gasteiger partial charge is 0.331 e. The summed E-state index contributed by atoms with van der Waals surface area (Å²) in [7, 11) is 1.96. The van der Waals surface area contributed by atoms with Gasteiger partial charge in [0.1, 0.15) is 11.3 Å². The average Bonchev–Trinajstić information content (AvgIpc) is 2.73. The van der Waals surface area contributed by atoms with Crippen LogP contribution < -0.4 is 5.73 Å². The van der Waals surface area contributed by atoms with Crippen LogP contribution in [0, 0.1) is 5.82 Å². The van der Waals surface area contributed by atoms with Gasteiger partial charge in [0.05, 0.1) is 5.52 Å². The number of nitrogens with zero attached hydrogens (tertiary/aromatic N) is 2. The van der Waals surface area contributed by atoms with Crippen molar-refractivity contribution in [2.45, 2.75) is 44.1 Å². The van der Waals surface area contributed by atoms with Crippen LogP contribution in [0.5, 0.6) is 0 Å². The topological polar surface area (TPSA) is 43.8 Å². The molecule has 1 aliphatic rings. The molecule has 2 atom stereocenters. The Morgan fingerprint density at radius 1 is 1.42 bits per heavy atom. The van der Waals surface area contributed by atoms with Crippen LogP contribution in [-0.4, -0.2) is 15.6 Å². The molecule has 0 saturated heterocycles. The Balaban J connectivity index is 2.20. The van der Waals surface area contributed by atoms with Gasteiger partial charge in [-0.25, -0.2) is 9.37 Å². The fraction of sp³-hybridized carbons (Fsp3) is 0.533. The number of hydrogen-bond acceptors (Lipinski definition) is 2. The van der Waals surface area contributed by atoms with Gasteiger partial charge in [-0.1, -0.05) is 25.8 Å². The van der Waals surface area contributed by atoms with E-state index in [1.807, 2.05) is 17.7 Å². The van der Waals surface area contributed by atoms with Gasteiger partial charge < -0.3 is 10.3 Å². The van der Waals surface area contributed by atoms with Gasteiger partial charge in [0.25, 0.3) is 0 Å². The van der Waals surface area contributed by atoms with Crippen LogP contribution in [0.1, 0.15) is 38.4 Å². The van der Waals surface area contributed by atoms with Crippen molar-refractivity contribution in [3.05, 3.63) is 29.8 Å². The number of benzene rings is 1. The standard InChI is InChI=1S/C15H20FN3/c1-15(9-4-3-8-12(15)17)14-18-13-10(16)6-5-7-11(13)19(14)2/h5-7,12H,3-4,8-9,17H2,1-2H3. The molecule has 0 spiro atoms. The van der Waals surface area contributed by atoms with Gasteiger partial charge in [0, 0.05) is 18.5 Å². The first-order valence-corrected chi connectivity index (χ1v) is 6.91. The minimum atomic E-state index is -0.257. The second-order valence-corrected chi connectivity index (χ2v) is 5.87. The molecule has 4 heteroatoms. The Labute approximate surface area is 112 Å². The zero-order valence-corrected chi connectivity index (χ0v) is 11.5. The summed E-state index contributed by atoms with van der Waals surface area (Å²) in [6.07, 6.45) is 4.38. The summed E-state index contributed by atoms with van der Waals surface area (Å²) in [5, 5.41) is 0. The lowest BCUT2D eigenvalue weighted by molar-refractivity contribution is 0.254. The molecule has 102 valence electrons. The van der Waals surface area contributed by atoms with Crippen LogP contribution in [0.25, 0.3) is 11.0 Å². The van der Waals surface area contributed by atoms with Gasteiger partial charge in [-0.3, -0.25) is 0 Å². The van der Waals surface area contributed by atoms with Crippen molar-refractivity contribution in [2.24, 2.45) is 12.8 Å². The molecule has 3 nitrogen and oxygen atoms in total. The number of imidazole rings is 1. The Morgan fingerprint density at radius 3 is 2.89 bits per heavy atom. The summed E-state index contributed by atoms with van der Waals surface area (Å²) in [5.74, 6) is 0.659. The van der Waals surface area contributed by atoms with E-state index >= 15 is 0 Å². The number of aromatic nitrogens is 2. The smallest absolute Gasteiger partial charge is 0.151 e. The Bertz CT molecular complexity index is 619. The van der Waals surface area contributed by atoms with Crippen LogP contribution in [0.15, 0.2) is 18.2 Å². The highest BCUT2D eigenvalue weighted by molar-refractivity contribution is 5.76. The number of para-hydroxylation sites is 1. The Morgan fingerprint density at radius 2 is 2.21 bits per heavy atom. The first-order valence-electron chi connectivity index (χ1n) is 6.91. The van der Waals surface area contributed by atoms with Crippen molar-refractivity contribution >= 4 is 11.0 Å². The van der Waals surface area contributed by atoms with E-state index in [0.717, 1.165) is 30.6 Å². The monoisotopic (exact) mass is 261 g/mol. The molecule has 2 aromatic rings. The Kier molecular flexibility index (Phi) is 2.86. The van der Waals surface area contributed by atoms with E-state index in [-0.39, 0.29) is 17.3 Å². The molecular weight excluding hydrogens is 241 g/mol. The highest BCUT2D eigenvalue weighted by atomic mass is 19.1. The predicted molar refractivity (Wildman–Crippen MR) is 74.5 cm³/mol. The SMILES string of the molecule is Cn1c(C2(C)CCCCC2N)nc2c(F)cccc21. The molecule has 1 heterocycles. The van der Waals surface area contributed by atoms with Crippen molar-refractivity contribution in [2.75, 3.05) is 0 Å². The van der Waals surface area contributed by atoms with E-state index in [1.54, 1.807) is 6.07 Å². The van der Waals surface area contributed by atoms with Gasteiger partial charge >= 0.3 is 0 Å². The summed E-state index contributed by atoms with van der Waals surface area (Å²) in [6.45, 7) is 2.16. The quantitative estimate of drug-likeness (QED) is 0.857. The highest BCUT2D eigenvalue weighted by Crippen LogP contribution is 2.38. The number of hydrogen-bond donors (Lipinski definition) is 1. The molecule has 1 fully saturated rings. The van der Waals surface area contributed by atoms with E-state index in [4.69, 9.17) is 5.73 Å². The lowest BCUT2D eigenvalue weighted by Crippen LogP contribution is -2.47.